The summed E-state index contributed by atoms with van der Waals surface area (Å²) in [5.74, 6) is 0.839. The van der Waals surface area contributed by atoms with Crippen molar-refractivity contribution in [2.75, 3.05) is 14.1 Å². The Labute approximate surface area is 144 Å². The second-order valence-corrected chi connectivity index (χ2v) is 5.50. The monoisotopic (exact) mass is 335 g/mol. The summed E-state index contributed by atoms with van der Waals surface area (Å²) in [6, 6.07) is 7.77. The lowest BCUT2D eigenvalue weighted by molar-refractivity contribution is 0.432. The van der Waals surface area contributed by atoms with Crippen molar-refractivity contribution in [3.05, 3.63) is 58.4 Å². The van der Waals surface area contributed by atoms with Crippen LogP contribution < -0.4 is 16.2 Å². The molecular formula is C17H26ClN5. The van der Waals surface area contributed by atoms with E-state index >= 15 is 0 Å². The minimum Gasteiger partial charge on any atom is -0.368 e. The van der Waals surface area contributed by atoms with Gasteiger partial charge in [0.15, 0.2) is 0 Å². The van der Waals surface area contributed by atoms with E-state index in [2.05, 4.69) is 21.3 Å². The Hall–Kier alpha value is -1.98. The van der Waals surface area contributed by atoms with Gasteiger partial charge in [0.2, 0.25) is 0 Å². The number of hydrogen-bond acceptors (Lipinski definition) is 4. The highest BCUT2D eigenvalue weighted by Crippen LogP contribution is 2.10. The van der Waals surface area contributed by atoms with E-state index in [9.17, 15) is 0 Å². The molecule has 126 valence electrons. The number of nitrogens with zero attached hydrogens (tertiary/aromatic N) is 2. The largest absolute Gasteiger partial charge is 0.368 e. The summed E-state index contributed by atoms with van der Waals surface area (Å²) < 4.78 is 0. The van der Waals surface area contributed by atoms with Crippen LogP contribution in [0.3, 0.4) is 0 Å². The third kappa shape index (κ3) is 6.76. The fourth-order valence-corrected chi connectivity index (χ4v) is 2.02. The van der Waals surface area contributed by atoms with E-state index < -0.39 is 0 Å². The molecule has 0 bridgehead atoms. The van der Waals surface area contributed by atoms with E-state index in [1.807, 2.05) is 76.3 Å². The number of nitrogens with one attached hydrogen (secondary N) is 3. The van der Waals surface area contributed by atoms with E-state index in [4.69, 9.17) is 11.6 Å². The summed E-state index contributed by atoms with van der Waals surface area (Å²) in [5.41, 5.74) is 9.16. The van der Waals surface area contributed by atoms with Gasteiger partial charge < -0.3 is 10.7 Å². The zero-order valence-corrected chi connectivity index (χ0v) is 15.2. The molecule has 0 aromatic heterocycles. The van der Waals surface area contributed by atoms with Crippen molar-refractivity contribution in [2.45, 2.75) is 27.3 Å². The highest BCUT2D eigenvalue weighted by molar-refractivity contribution is 6.30. The number of allylic oxidation sites excluding steroid dienone is 3. The van der Waals surface area contributed by atoms with Crippen molar-refractivity contribution in [3.63, 3.8) is 0 Å². The summed E-state index contributed by atoms with van der Waals surface area (Å²) in [5, 5.41) is 10.4. The van der Waals surface area contributed by atoms with E-state index in [0.29, 0.717) is 6.54 Å². The molecule has 3 N–H and O–H groups in total. The van der Waals surface area contributed by atoms with Gasteiger partial charge in [-0.25, -0.2) is 5.43 Å². The van der Waals surface area contributed by atoms with Crippen LogP contribution in [0.4, 0.5) is 0 Å². The molecule has 23 heavy (non-hydrogen) atoms. The van der Waals surface area contributed by atoms with Gasteiger partial charge in [0.1, 0.15) is 5.84 Å². The topological polar surface area (TPSA) is 51.7 Å². The molecule has 0 fully saturated rings. The number of benzene rings is 1. The van der Waals surface area contributed by atoms with E-state index in [1.54, 1.807) is 0 Å². The van der Waals surface area contributed by atoms with Crippen LogP contribution in [0.25, 0.3) is 0 Å². The van der Waals surface area contributed by atoms with Gasteiger partial charge in [-0.15, -0.1) is 0 Å². The molecule has 5 nitrogen and oxygen atoms in total. The zero-order valence-electron chi connectivity index (χ0n) is 14.4. The standard InChI is InChI=1S/C17H26ClN5/c1-6-7-17(21-19-4)13(2)23(5)22-14(3)20-12-15-8-10-16(18)11-9-15/h6-11,19,21H,12H2,1-5H3,(H,20,22)/b7-6-,17-13?. The summed E-state index contributed by atoms with van der Waals surface area (Å²) in [6.07, 6.45) is 3.97. The molecule has 0 unspecified atom stereocenters. The van der Waals surface area contributed by atoms with Crippen LogP contribution >= 0.6 is 11.6 Å². The van der Waals surface area contributed by atoms with Gasteiger partial charge >= 0.3 is 0 Å². The number of hydrogen-bond donors (Lipinski definition) is 3. The number of hydrazine groups is 1. The fourth-order valence-electron chi connectivity index (χ4n) is 1.90. The quantitative estimate of drug-likeness (QED) is 0.310. The van der Waals surface area contributed by atoms with Gasteiger partial charge in [-0.2, -0.15) is 5.10 Å². The van der Waals surface area contributed by atoms with Crippen LogP contribution in [0.15, 0.2) is 52.9 Å². The first kappa shape index (κ1) is 19.1. The first-order chi connectivity index (χ1) is 11.0. The van der Waals surface area contributed by atoms with Crippen LogP contribution in [-0.2, 0) is 6.54 Å². The molecule has 0 amide bonds. The summed E-state index contributed by atoms with van der Waals surface area (Å²) in [4.78, 5) is 0. The van der Waals surface area contributed by atoms with Crippen LogP contribution in [0, 0.1) is 0 Å². The molecule has 0 aliphatic carbocycles. The lowest BCUT2D eigenvalue weighted by atomic mass is 10.2. The maximum atomic E-state index is 5.89. The van der Waals surface area contributed by atoms with Crippen LogP contribution in [0.2, 0.25) is 5.02 Å². The van der Waals surface area contributed by atoms with Crippen LogP contribution in [-0.4, -0.2) is 24.9 Å². The molecule has 1 aromatic rings. The van der Waals surface area contributed by atoms with Crippen LogP contribution in [0.1, 0.15) is 26.3 Å². The first-order valence-electron chi connectivity index (χ1n) is 7.51. The number of amidine groups is 1. The van der Waals surface area contributed by atoms with Crippen molar-refractivity contribution in [3.8, 4) is 0 Å². The summed E-state index contributed by atoms with van der Waals surface area (Å²) in [6.45, 7) is 6.64. The Morgan fingerprint density at radius 3 is 2.48 bits per heavy atom. The van der Waals surface area contributed by atoms with Gasteiger partial charge in [0.25, 0.3) is 0 Å². The van der Waals surface area contributed by atoms with Crippen molar-refractivity contribution < 1.29 is 0 Å². The average Bonchev–Trinajstić information content (AvgIpc) is 2.53. The molecule has 1 aromatic carbocycles. The minimum atomic E-state index is 0.708. The molecular weight excluding hydrogens is 310 g/mol. The van der Waals surface area contributed by atoms with E-state index in [1.165, 1.54) is 0 Å². The molecule has 0 saturated carbocycles. The van der Waals surface area contributed by atoms with E-state index in [-0.39, 0.29) is 0 Å². The predicted molar refractivity (Wildman–Crippen MR) is 98.9 cm³/mol. The molecule has 0 aliphatic rings. The molecule has 1 rings (SSSR count). The Morgan fingerprint density at radius 1 is 1.26 bits per heavy atom. The minimum absolute atomic E-state index is 0.708. The number of rotatable bonds is 7. The molecule has 0 spiro atoms. The first-order valence-corrected chi connectivity index (χ1v) is 7.89. The normalized spacial score (nSPS) is 13.0. The lowest BCUT2D eigenvalue weighted by Gasteiger charge is -2.19. The Bertz CT molecular complexity index is 575. The molecule has 6 heteroatoms. The maximum Gasteiger partial charge on any atom is 0.119 e. The van der Waals surface area contributed by atoms with Gasteiger partial charge in [-0.1, -0.05) is 29.8 Å². The molecule has 0 radical (unpaired) electrons. The zero-order chi connectivity index (χ0) is 17.2. The molecule has 0 aliphatic heterocycles. The van der Waals surface area contributed by atoms with Gasteiger partial charge in [-0.3, -0.25) is 5.01 Å². The third-order valence-corrected chi connectivity index (χ3v) is 3.48. The summed E-state index contributed by atoms with van der Waals surface area (Å²) in [7, 11) is 3.75. The highest BCUT2D eigenvalue weighted by Gasteiger charge is 2.04. The number of hydrazone groups is 1. The second-order valence-electron chi connectivity index (χ2n) is 5.06. The molecule has 0 atom stereocenters. The van der Waals surface area contributed by atoms with Gasteiger partial charge in [0, 0.05) is 25.7 Å². The van der Waals surface area contributed by atoms with Crippen molar-refractivity contribution in [2.24, 2.45) is 5.10 Å². The van der Waals surface area contributed by atoms with Crippen LogP contribution in [0.5, 0.6) is 0 Å². The smallest absolute Gasteiger partial charge is 0.119 e. The molecule has 0 saturated heterocycles. The third-order valence-electron chi connectivity index (χ3n) is 3.23. The maximum absolute atomic E-state index is 5.89. The predicted octanol–water partition coefficient (Wildman–Crippen LogP) is 3.23. The van der Waals surface area contributed by atoms with Crippen molar-refractivity contribution in [1.82, 2.24) is 21.2 Å². The van der Waals surface area contributed by atoms with E-state index in [0.717, 1.165) is 27.8 Å². The Balaban J connectivity index is 2.71. The average molecular weight is 336 g/mol. The highest BCUT2D eigenvalue weighted by atomic mass is 35.5. The Kier molecular flexibility index (Phi) is 8.22. The SMILES string of the molecule is C/C=C\C(NNC)=C(C)N(C)/N=C(/C)NCc1ccc(Cl)cc1. The summed E-state index contributed by atoms with van der Waals surface area (Å²) >= 11 is 5.89. The van der Waals surface area contributed by atoms with Crippen molar-refractivity contribution >= 4 is 17.4 Å². The fraction of sp³-hybridized carbons (Fsp3) is 0.353. The number of halogens is 1. The Morgan fingerprint density at radius 2 is 1.91 bits per heavy atom. The molecule has 0 heterocycles. The van der Waals surface area contributed by atoms with Gasteiger partial charge in [-0.05, 0) is 44.5 Å². The second kappa shape index (κ2) is 9.92. The van der Waals surface area contributed by atoms with Crippen molar-refractivity contribution in [1.29, 1.82) is 0 Å². The van der Waals surface area contributed by atoms with Gasteiger partial charge in [0.05, 0.1) is 11.4 Å². The lowest BCUT2D eigenvalue weighted by Crippen LogP contribution is -2.30.